The Bertz CT molecular complexity index is 115. The zero-order valence-electron chi connectivity index (χ0n) is 7.94. The molecular weight excluding hydrogens is 152 g/mol. The second-order valence-corrected chi connectivity index (χ2v) is 2.95. The van der Waals surface area contributed by atoms with Crippen LogP contribution in [0.5, 0.6) is 0 Å². The molecule has 0 radical (unpaired) electrons. The summed E-state index contributed by atoms with van der Waals surface area (Å²) >= 11 is 0. The SMILES string of the molecule is CCCCC(=O)NCCCCN. The molecule has 0 bridgehead atoms. The first-order valence-electron chi connectivity index (χ1n) is 4.78. The highest BCUT2D eigenvalue weighted by molar-refractivity contribution is 5.75. The summed E-state index contributed by atoms with van der Waals surface area (Å²) in [5.74, 6) is 0.175. The number of rotatable bonds is 7. The highest BCUT2D eigenvalue weighted by Crippen LogP contribution is 1.93. The van der Waals surface area contributed by atoms with Crippen molar-refractivity contribution in [2.45, 2.75) is 39.0 Å². The number of amides is 1. The molecule has 3 heteroatoms. The van der Waals surface area contributed by atoms with E-state index >= 15 is 0 Å². The fourth-order valence-electron chi connectivity index (χ4n) is 0.923. The molecule has 0 saturated heterocycles. The van der Waals surface area contributed by atoms with Gasteiger partial charge in [-0.2, -0.15) is 0 Å². The Labute approximate surface area is 74.7 Å². The van der Waals surface area contributed by atoms with Gasteiger partial charge in [0.05, 0.1) is 0 Å². The van der Waals surface area contributed by atoms with Crippen molar-refractivity contribution in [3.63, 3.8) is 0 Å². The van der Waals surface area contributed by atoms with Gasteiger partial charge in [0.25, 0.3) is 0 Å². The van der Waals surface area contributed by atoms with Crippen molar-refractivity contribution in [2.75, 3.05) is 13.1 Å². The molecule has 0 saturated carbocycles. The third-order valence-electron chi connectivity index (χ3n) is 1.71. The van der Waals surface area contributed by atoms with Gasteiger partial charge in [0.2, 0.25) is 5.91 Å². The van der Waals surface area contributed by atoms with Crippen molar-refractivity contribution in [3.8, 4) is 0 Å². The van der Waals surface area contributed by atoms with Gasteiger partial charge in [-0.05, 0) is 25.8 Å². The van der Waals surface area contributed by atoms with Crippen LogP contribution in [-0.2, 0) is 4.79 Å². The van der Waals surface area contributed by atoms with Crippen LogP contribution >= 0.6 is 0 Å². The Hall–Kier alpha value is -0.570. The van der Waals surface area contributed by atoms with Crippen LogP contribution in [0, 0.1) is 0 Å². The summed E-state index contributed by atoms with van der Waals surface area (Å²) in [4.78, 5) is 11.0. The quantitative estimate of drug-likeness (QED) is 0.564. The van der Waals surface area contributed by atoms with Crippen LogP contribution in [0.2, 0.25) is 0 Å². The van der Waals surface area contributed by atoms with Crippen molar-refractivity contribution >= 4 is 5.91 Å². The fraction of sp³-hybridized carbons (Fsp3) is 0.889. The molecule has 0 aromatic rings. The van der Waals surface area contributed by atoms with Gasteiger partial charge >= 0.3 is 0 Å². The average molecular weight is 172 g/mol. The number of nitrogens with two attached hydrogens (primary N) is 1. The van der Waals surface area contributed by atoms with Gasteiger partial charge in [0.1, 0.15) is 0 Å². The van der Waals surface area contributed by atoms with Gasteiger partial charge in [-0.15, -0.1) is 0 Å². The third-order valence-corrected chi connectivity index (χ3v) is 1.71. The molecular formula is C9H20N2O. The van der Waals surface area contributed by atoms with Gasteiger partial charge in [-0.1, -0.05) is 13.3 Å². The van der Waals surface area contributed by atoms with E-state index in [0.29, 0.717) is 13.0 Å². The van der Waals surface area contributed by atoms with Crippen LogP contribution in [0.4, 0.5) is 0 Å². The maximum Gasteiger partial charge on any atom is 0.219 e. The summed E-state index contributed by atoms with van der Waals surface area (Å²) in [6.07, 6.45) is 4.72. The molecule has 0 aliphatic heterocycles. The Kier molecular flexibility index (Phi) is 8.12. The maximum atomic E-state index is 11.0. The van der Waals surface area contributed by atoms with Crippen LogP contribution in [0.3, 0.4) is 0 Å². The molecule has 0 atom stereocenters. The first-order chi connectivity index (χ1) is 5.81. The summed E-state index contributed by atoms with van der Waals surface area (Å²) in [5, 5.41) is 2.86. The lowest BCUT2D eigenvalue weighted by Crippen LogP contribution is -2.24. The lowest BCUT2D eigenvalue weighted by Gasteiger charge is -2.02. The second-order valence-electron chi connectivity index (χ2n) is 2.95. The van der Waals surface area contributed by atoms with E-state index in [1.807, 2.05) is 0 Å². The smallest absolute Gasteiger partial charge is 0.219 e. The highest BCUT2D eigenvalue weighted by Gasteiger charge is 1.97. The van der Waals surface area contributed by atoms with Crippen molar-refractivity contribution in [1.29, 1.82) is 0 Å². The molecule has 0 spiro atoms. The summed E-state index contributed by atoms with van der Waals surface area (Å²) in [6.45, 7) is 3.58. The number of hydrogen-bond donors (Lipinski definition) is 2. The van der Waals surface area contributed by atoms with Gasteiger partial charge in [0, 0.05) is 13.0 Å². The monoisotopic (exact) mass is 172 g/mol. The fourth-order valence-corrected chi connectivity index (χ4v) is 0.923. The molecule has 0 aromatic carbocycles. The second kappa shape index (κ2) is 8.53. The number of hydrogen-bond acceptors (Lipinski definition) is 2. The average Bonchev–Trinajstić information content (AvgIpc) is 2.09. The van der Waals surface area contributed by atoms with Crippen molar-refractivity contribution in [2.24, 2.45) is 5.73 Å². The Morgan fingerprint density at radius 3 is 2.67 bits per heavy atom. The first kappa shape index (κ1) is 11.4. The third kappa shape index (κ3) is 7.54. The lowest BCUT2D eigenvalue weighted by molar-refractivity contribution is -0.121. The molecule has 0 unspecified atom stereocenters. The van der Waals surface area contributed by atoms with Crippen molar-refractivity contribution < 1.29 is 4.79 Å². The number of unbranched alkanes of at least 4 members (excludes halogenated alkanes) is 2. The summed E-state index contributed by atoms with van der Waals surface area (Å²) in [7, 11) is 0. The van der Waals surface area contributed by atoms with Crippen LogP contribution in [0.25, 0.3) is 0 Å². The highest BCUT2D eigenvalue weighted by atomic mass is 16.1. The van der Waals surface area contributed by atoms with E-state index in [1.165, 1.54) is 0 Å². The molecule has 0 rings (SSSR count). The van der Waals surface area contributed by atoms with E-state index in [9.17, 15) is 4.79 Å². The Morgan fingerprint density at radius 1 is 1.33 bits per heavy atom. The minimum absolute atomic E-state index is 0.175. The molecule has 3 nitrogen and oxygen atoms in total. The molecule has 0 aliphatic rings. The zero-order valence-corrected chi connectivity index (χ0v) is 7.94. The normalized spacial score (nSPS) is 9.83. The minimum atomic E-state index is 0.175. The minimum Gasteiger partial charge on any atom is -0.356 e. The van der Waals surface area contributed by atoms with Gasteiger partial charge in [-0.25, -0.2) is 0 Å². The largest absolute Gasteiger partial charge is 0.356 e. The predicted molar refractivity (Wildman–Crippen MR) is 50.8 cm³/mol. The predicted octanol–water partition coefficient (Wildman–Crippen LogP) is 1.03. The summed E-state index contributed by atoms with van der Waals surface area (Å²) in [5.41, 5.74) is 5.31. The first-order valence-corrected chi connectivity index (χ1v) is 4.78. The van der Waals surface area contributed by atoms with Crippen molar-refractivity contribution in [1.82, 2.24) is 5.32 Å². The van der Waals surface area contributed by atoms with Gasteiger partial charge < -0.3 is 11.1 Å². The van der Waals surface area contributed by atoms with Crippen LogP contribution in [0.15, 0.2) is 0 Å². The van der Waals surface area contributed by atoms with Gasteiger partial charge in [-0.3, -0.25) is 4.79 Å². The molecule has 0 aliphatic carbocycles. The Morgan fingerprint density at radius 2 is 2.08 bits per heavy atom. The topological polar surface area (TPSA) is 55.1 Å². The van der Waals surface area contributed by atoms with E-state index < -0.39 is 0 Å². The molecule has 12 heavy (non-hydrogen) atoms. The maximum absolute atomic E-state index is 11.0. The number of nitrogens with one attached hydrogen (secondary N) is 1. The molecule has 1 amide bonds. The van der Waals surface area contributed by atoms with Crippen LogP contribution in [-0.4, -0.2) is 19.0 Å². The van der Waals surface area contributed by atoms with E-state index in [4.69, 9.17) is 5.73 Å². The van der Waals surface area contributed by atoms with Crippen molar-refractivity contribution in [3.05, 3.63) is 0 Å². The number of carbonyl (C=O) groups excluding carboxylic acids is 1. The summed E-state index contributed by atoms with van der Waals surface area (Å²) in [6, 6.07) is 0. The molecule has 72 valence electrons. The standard InChI is InChI=1S/C9H20N2O/c1-2-3-6-9(12)11-8-5-4-7-10/h2-8,10H2,1H3,(H,11,12). The molecule has 0 heterocycles. The lowest BCUT2D eigenvalue weighted by atomic mass is 10.2. The zero-order chi connectivity index (χ0) is 9.23. The van der Waals surface area contributed by atoms with E-state index in [2.05, 4.69) is 12.2 Å². The van der Waals surface area contributed by atoms with Crippen LogP contribution in [0.1, 0.15) is 39.0 Å². The molecule has 0 aromatic heterocycles. The van der Waals surface area contributed by atoms with E-state index in [0.717, 1.165) is 32.2 Å². The Balaban J connectivity index is 3.08. The van der Waals surface area contributed by atoms with Gasteiger partial charge in [0.15, 0.2) is 0 Å². The summed E-state index contributed by atoms with van der Waals surface area (Å²) < 4.78 is 0. The van der Waals surface area contributed by atoms with Crippen LogP contribution < -0.4 is 11.1 Å². The van der Waals surface area contributed by atoms with E-state index in [1.54, 1.807) is 0 Å². The molecule has 0 fully saturated rings. The number of carbonyl (C=O) groups is 1. The van der Waals surface area contributed by atoms with E-state index in [-0.39, 0.29) is 5.91 Å². The molecule has 3 N–H and O–H groups in total.